The molecule has 0 aromatic carbocycles. The maximum atomic E-state index is 5.41. The molecule has 0 radical (unpaired) electrons. The van der Waals surface area contributed by atoms with E-state index in [1.54, 1.807) is 12.4 Å². The van der Waals surface area contributed by atoms with Crippen molar-refractivity contribution in [2.75, 3.05) is 19.8 Å². The first kappa shape index (κ1) is 9.99. The SMILES string of the molecule is CCOCCCOc1cccnc1. The van der Waals surface area contributed by atoms with E-state index in [2.05, 4.69) is 4.98 Å². The molecule has 0 spiro atoms. The molecule has 1 aromatic heterocycles. The predicted octanol–water partition coefficient (Wildman–Crippen LogP) is 1.89. The Morgan fingerprint density at radius 1 is 1.38 bits per heavy atom. The molecule has 72 valence electrons. The summed E-state index contributed by atoms with van der Waals surface area (Å²) in [6, 6.07) is 3.76. The molecule has 0 fully saturated rings. The van der Waals surface area contributed by atoms with Gasteiger partial charge in [-0.05, 0) is 19.1 Å². The van der Waals surface area contributed by atoms with Crippen molar-refractivity contribution in [3.63, 3.8) is 0 Å². The highest BCUT2D eigenvalue weighted by Gasteiger charge is 1.91. The topological polar surface area (TPSA) is 31.4 Å². The Morgan fingerprint density at radius 2 is 2.31 bits per heavy atom. The van der Waals surface area contributed by atoms with Crippen LogP contribution in [0, 0.1) is 0 Å². The molecule has 0 aliphatic heterocycles. The van der Waals surface area contributed by atoms with Crippen LogP contribution in [0.2, 0.25) is 0 Å². The van der Waals surface area contributed by atoms with Crippen LogP contribution in [0.25, 0.3) is 0 Å². The molecule has 13 heavy (non-hydrogen) atoms. The van der Waals surface area contributed by atoms with Gasteiger partial charge in [-0.1, -0.05) is 0 Å². The van der Waals surface area contributed by atoms with Gasteiger partial charge in [-0.25, -0.2) is 0 Å². The summed E-state index contributed by atoms with van der Waals surface area (Å²) in [4.78, 5) is 3.94. The highest BCUT2D eigenvalue weighted by Crippen LogP contribution is 2.05. The molecule has 0 saturated carbocycles. The van der Waals surface area contributed by atoms with Gasteiger partial charge in [0.2, 0.25) is 0 Å². The molecule has 3 heteroatoms. The van der Waals surface area contributed by atoms with Gasteiger partial charge in [0.1, 0.15) is 5.75 Å². The average molecular weight is 181 g/mol. The maximum Gasteiger partial charge on any atom is 0.137 e. The summed E-state index contributed by atoms with van der Waals surface area (Å²) in [6.07, 6.45) is 4.36. The molecule has 0 bridgehead atoms. The van der Waals surface area contributed by atoms with Crippen molar-refractivity contribution in [1.29, 1.82) is 0 Å². The van der Waals surface area contributed by atoms with Crippen molar-refractivity contribution in [1.82, 2.24) is 4.98 Å². The van der Waals surface area contributed by atoms with Crippen LogP contribution in [0.15, 0.2) is 24.5 Å². The Balaban J connectivity index is 2.07. The van der Waals surface area contributed by atoms with Gasteiger partial charge in [-0.15, -0.1) is 0 Å². The second-order valence-corrected chi connectivity index (χ2v) is 2.59. The fourth-order valence-electron chi connectivity index (χ4n) is 0.928. The number of pyridine rings is 1. The lowest BCUT2D eigenvalue weighted by molar-refractivity contribution is 0.131. The zero-order valence-electron chi connectivity index (χ0n) is 7.90. The van der Waals surface area contributed by atoms with Crippen molar-refractivity contribution in [3.05, 3.63) is 24.5 Å². The molecule has 0 amide bonds. The van der Waals surface area contributed by atoms with Gasteiger partial charge in [0, 0.05) is 25.8 Å². The number of ether oxygens (including phenoxy) is 2. The zero-order chi connectivity index (χ0) is 9.36. The van der Waals surface area contributed by atoms with Crippen LogP contribution in [0.5, 0.6) is 5.75 Å². The summed E-state index contributed by atoms with van der Waals surface area (Å²) in [5, 5.41) is 0. The third-order valence-corrected chi connectivity index (χ3v) is 1.54. The summed E-state index contributed by atoms with van der Waals surface area (Å²) < 4.78 is 10.6. The van der Waals surface area contributed by atoms with E-state index in [1.165, 1.54) is 0 Å². The minimum Gasteiger partial charge on any atom is -0.492 e. The predicted molar refractivity (Wildman–Crippen MR) is 50.8 cm³/mol. The minimum absolute atomic E-state index is 0.686. The minimum atomic E-state index is 0.686. The van der Waals surface area contributed by atoms with E-state index < -0.39 is 0 Å². The number of hydrogen-bond donors (Lipinski definition) is 0. The molecular formula is C10H15NO2. The number of rotatable bonds is 6. The molecule has 1 heterocycles. The van der Waals surface area contributed by atoms with Crippen molar-refractivity contribution >= 4 is 0 Å². The lowest BCUT2D eigenvalue weighted by Gasteiger charge is -2.04. The molecule has 0 saturated heterocycles. The van der Waals surface area contributed by atoms with E-state index in [1.807, 2.05) is 19.1 Å². The molecule has 1 aromatic rings. The van der Waals surface area contributed by atoms with Crippen LogP contribution >= 0.6 is 0 Å². The Morgan fingerprint density at radius 3 is 3.00 bits per heavy atom. The third-order valence-electron chi connectivity index (χ3n) is 1.54. The van der Waals surface area contributed by atoms with Crippen LogP contribution in [0.4, 0.5) is 0 Å². The fourth-order valence-corrected chi connectivity index (χ4v) is 0.928. The van der Waals surface area contributed by atoms with E-state index in [9.17, 15) is 0 Å². The Hall–Kier alpha value is -1.09. The average Bonchev–Trinajstić information content (AvgIpc) is 2.19. The fraction of sp³-hybridized carbons (Fsp3) is 0.500. The third kappa shape index (κ3) is 4.48. The standard InChI is InChI=1S/C10H15NO2/c1-2-12-7-4-8-13-10-5-3-6-11-9-10/h3,5-6,9H,2,4,7-8H2,1H3. The molecule has 0 aliphatic carbocycles. The van der Waals surface area contributed by atoms with Gasteiger partial charge >= 0.3 is 0 Å². The van der Waals surface area contributed by atoms with E-state index in [0.29, 0.717) is 6.61 Å². The van der Waals surface area contributed by atoms with Gasteiger partial charge in [-0.3, -0.25) is 4.98 Å². The van der Waals surface area contributed by atoms with Crippen molar-refractivity contribution in [3.8, 4) is 5.75 Å². The molecule has 0 aliphatic rings. The summed E-state index contributed by atoms with van der Waals surface area (Å²) in [6.45, 7) is 4.21. The summed E-state index contributed by atoms with van der Waals surface area (Å²) in [7, 11) is 0. The Bertz CT molecular complexity index is 213. The summed E-state index contributed by atoms with van der Waals surface area (Å²) in [5.41, 5.74) is 0. The molecule has 3 nitrogen and oxygen atoms in total. The normalized spacial score (nSPS) is 9.92. The van der Waals surface area contributed by atoms with Crippen LogP contribution in [0.1, 0.15) is 13.3 Å². The van der Waals surface area contributed by atoms with Crippen molar-refractivity contribution in [2.45, 2.75) is 13.3 Å². The highest BCUT2D eigenvalue weighted by atomic mass is 16.5. The van der Waals surface area contributed by atoms with E-state index in [0.717, 1.165) is 25.4 Å². The van der Waals surface area contributed by atoms with Crippen LogP contribution in [-0.2, 0) is 4.74 Å². The summed E-state index contributed by atoms with van der Waals surface area (Å²) in [5.74, 6) is 0.819. The lowest BCUT2D eigenvalue weighted by atomic mass is 10.4. The van der Waals surface area contributed by atoms with Crippen molar-refractivity contribution in [2.24, 2.45) is 0 Å². The second kappa shape index (κ2) is 6.43. The van der Waals surface area contributed by atoms with E-state index in [-0.39, 0.29) is 0 Å². The Kier molecular flexibility index (Phi) is 4.94. The van der Waals surface area contributed by atoms with Gasteiger partial charge in [0.15, 0.2) is 0 Å². The van der Waals surface area contributed by atoms with Crippen molar-refractivity contribution < 1.29 is 9.47 Å². The monoisotopic (exact) mass is 181 g/mol. The number of aromatic nitrogens is 1. The van der Waals surface area contributed by atoms with E-state index >= 15 is 0 Å². The molecular weight excluding hydrogens is 166 g/mol. The van der Waals surface area contributed by atoms with Crippen LogP contribution in [0.3, 0.4) is 0 Å². The van der Waals surface area contributed by atoms with Gasteiger partial charge in [0.25, 0.3) is 0 Å². The molecule has 0 unspecified atom stereocenters. The van der Waals surface area contributed by atoms with Gasteiger partial charge < -0.3 is 9.47 Å². The first-order valence-corrected chi connectivity index (χ1v) is 4.54. The summed E-state index contributed by atoms with van der Waals surface area (Å²) >= 11 is 0. The van der Waals surface area contributed by atoms with Crippen LogP contribution < -0.4 is 4.74 Å². The van der Waals surface area contributed by atoms with Gasteiger partial charge in [-0.2, -0.15) is 0 Å². The molecule has 1 rings (SSSR count). The Labute approximate surface area is 78.7 Å². The number of nitrogens with zero attached hydrogens (tertiary/aromatic N) is 1. The zero-order valence-corrected chi connectivity index (χ0v) is 7.90. The van der Waals surface area contributed by atoms with Gasteiger partial charge in [0.05, 0.1) is 12.8 Å². The smallest absolute Gasteiger partial charge is 0.137 e. The highest BCUT2D eigenvalue weighted by molar-refractivity contribution is 5.15. The van der Waals surface area contributed by atoms with E-state index in [4.69, 9.17) is 9.47 Å². The maximum absolute atomic E-state index is 5.41. The lowest BCUT2D eigenvalue weighted by Crippen LogP contribution is -2.02. The largest absolute Gasteiger partial charge is 0.492 e. The van der Waals surface area contributed by atoms with Crippen LogP contribution in [-0.4, -0.2) is 24.8 Å². The first-order chi connectivity index (χ1) is 6.43. The second-order valence-electron chi connectivity index (χ2n) is 2.59. The molecule has 0 N–H and O–H groups in total. The first-order valence-electron chi connectivity index (χ1n) is 4.54. The molecule has 0 atom stereocenters. The quantitative estimate of drug-likeness (QED) is 0.628. The number of hydrogen-bond acceptors (Lipinski definition) is 3.